The molecule has 0 saturated carbocycles. The highest BCUT2D eigenvalue weighted by molar-refractivity contribution is 9.13. The van der Waals surface area contributed by atoms with Crippen LogP contribution in [-0.2, 0) is 4.74 Å². The highest BCUT2D eigenvalue weighted by Crippen LogP contribution is 2.30. The number of aromatic nitrogens is 1. The molecule has 0 saturated heterocycles. The Hall–Kier alpha value is -0.890. The average molecular weight is 420 g/mol. The number of benzene rings is 1. The topological polar surface area (TPSA) is 65.6 Å². The first-order valence-electron chi connectivity index (χ1n) is 6.43. The first-order valence-corrected chi connectivity index (χ1v) is 8.02. The summed E-state index contributed by atoms with van der Waals surface area (Å²) in [7, 11) is 1.59. The van der Waals surface area contributed by atoms with Crippen molar-refractivity contribution in [3.8, 4) is 0 Å². The Balaban J connectivity index is 2.35. The Morgan fingerprint density at radius 2 is 2.05 bits per heavy atom. The van der Waals surface area contributed by atoms with Gasteiger partial charge in [0.25, 0.3) is 5.91 Å². The lowest BCUT2D eigenvalue weighted by atomic mass is 10.1. The fourth-order valence-corrected chi connectivity index (χ4v) is 2.79. The largest absolute Gasteiger partial charge is 0.395 e. The van der Waals surface area contributed by atoms with Crippen molar-refractivity contribution in [1.82, 2.24) is 9.88 Å². The number of H-pyrrole nitrogens is 1. The van der Waals surface area contributed by atoms with Crippen LogP contribution in [0.15, 0.2) is 27.3 Å². The molecule has 2 aromatic rings. The maximum atomic E-state index is 12.6. The van der Waals surface area contributed by atoms with E-state index < -0.39 is 0 Å². The molecule has 1 heterocycles. The third kappa shape index (κ3) is 3.66. The molecule has 5 nitrogen and oxygen atoms in total. The number of hydrogen-bond acceptors (Lipinski definition) is 3. The van der Waals surface area contributed by atoms with Crippen LogP contribution >= 0.6 is 31.9 Å². The molecule has 2 rings (SSSR count). The number of nitrogens with zero attached hydrogens (tertiary/aromatic N) is 1. The predicted octanol–water partition coefficient (Wildman–Crippen LogP) is 2.77. The van der Waals surface area contributed by atoms with Gasteiger partial charge in [-0.2, -0.15) is 0 Å². The first-order chi connectivity index (χ1) is 10.1. The number of fused-ring (bicyclic) bond motifs is 1. The summed E-state index contributed by atoms with van der Waals surface area (Å²) in [5.74, 6) is -0.124. The van der Waals surface area contributed by atoms with Crippen molar-refractivity contribution < 1.29 is 14.6 Å². The molecule has 0 aliphatic rings. The molecule has 1 aromatic heterocycles. The lowest BCUT2D eigenvalue weighted by Crippen LogP contribution is -2.36. The summed E-state index contributed by atoms with van der Waals surface area (Å²) in [6.07, 6.45) is 1.70. The van der Waals surface area contributed by atoms with Crippen LogP contribution in [0.4, 0.5) is 0 Å². The van der Waals surface area contributed by atoms with Gasteiger partial charge in [0.2, 0.25) is 0 Å². The second kappa shape index (κ2) is 7.40. The van der Waals surface area contributed by atoms with E-state index in [4.69, 9.17) is 9.84 Å². The molecule has 0 radical (unpaired) electrons. The number of amides is 1. The summed E-state index contributed by atoms with van der Waals surface area (Å²) in [5.41, 5.74) is 1.46. The molecule has 0 bridgehead atoms. The smallest absolute Gasteiger partial charge is 0.256 e. The summed E-state index contributed by atoms with van der Waals surface area (Å²) >= 11 is 6.89. The summed E-state index contributed by atoms with van der Waals surface area (Å²) in [5, 5.41) is 9.96. The highest BCUT2D eigenvalue weighted by Gasteiger charge is 2.19. The number of hydrogen-bond donors (Lipinski definition) is 2. The van der Waals surface area contributed by atoms with Gasteiger partial charge in [0, 0.05) is 46.2 Å². The zero-order valence-corrected chi connectivity index (χ0v) is 14.7. The highest BCUT2D eigenvalue weighted by atomic mass is 79.9. The van der Waals surface area contributed by atoms with E-state index in [1.165, 1.54) is 0 Å². The van der Waals surface area contributed by atoms with Crippen LogP contribution in [0, 0.1) is 0 Å². The number of aliphatic hydroxyl groups is 1. The van der Waals surface area contributed by atoms with E-state index in [1.54, 1.807) is 18.2 Å². The van der Waals surface area contributed by atoms with Crippen LogP contribution in [0.3, 0.4) is 0 Å². The summed E-state index contributed by atoms with van der Waals surface area (Å²) in [4.78, 5) is 17.3. The fraction of sp³-hybridized carbons (Fsp3) is 0.357. The van der Waals surface area contributed by atoms with Crippen molar-refractivity contribution >= 4 is 48.7 Å². The van der Waals surface area contributed by atoms with Gasteiger partial charge < -0.3 is 19.7 Å². The minimum Gasteiger partial charge on any atom is -0.395 e. The van der Waals surface area contributed by atoms with Gasteiger partial charge in [-0.25, -0.2) is 0 Å². The lowest BCUT2D eigenvalue weighted by Gasteiger charge is -2.21. The first kappa shape index (κ1) is 16.5. The Bertz CT molecular complexity index is 642. The van der Waals surface area contributed by atoms with Gasteiger partial charge in [-0.1, -0.05) is 0 Å². The second-order valence-corrected chi connectivity index (χ2v) is 6.23. The van der Waals surface area contributed by atoms with Crippen molar-refractivity contribution in [3.63, 3.8) is 0 Å². The van der Waals surface area contributed by atoms with Crippen molar-refractivity contribution in [3.05, 3.63) is 32.8 Å². The Morgan fingerprint density at radius 1 is 1.33 bits per heavy atom. The minimum atomic E-state index is -0.124. The van der Waals surface area contributed by atoms with Crippen LogP contribution in [-0.4, -0.2) is 54.3 Å². The number of carbonyl (C=O) groups excluding carboxylic acids is 1. The minimum absolute atomic E-state index is 0.0763. The Labute approximate surface area is 139 Å². The number of nitrogens with one attached hydrogen (secondary N) is 1. The fourth-order valence-electron chi connectivity index (χ4n) is 2.10. The molecule has 21 heavy (non-hydrogen) atoms. The van der Waals surface area contributed by atoms with Crippen LogP contribution in [0.2, 0.25) is 0 Å². The second-order valence-electron chi connectivity index (χ2n) is 4.52. The number of aromatic amines is 1. The zero-order chi connectivity index (χ0) is 15.4. The lowest BCUT2D eigenvalue weighted by molar-refractivity contribution is 0.0658. The van der Waals surface area contributed by atoms with Crippen LogP contribution in [0.1, 0.15) is 10.4 Å². The maximum absolute atomic E-state index is 12.6. The van der Waals surface area contributed by atoms with Crippen molar-refractivity contribution in [2.24, 2.45) is 0 Å². The maximum Gasteiger partial charge on any atom is 0.256 e. The third-order valence-electron chi connectivity index (χ3n) is 3.18. The van der Waals surface area contributed by atoms with E-state index in [-0.39, 0.29) is 19.1 Å². The molecular formula is C14H16Br2N2O3. The van der Waals surface area contributed by atoms with Crippen LogP contribution in [0.5, 0.6) is 0 Å². The molecule has 2 N–H and O–H groups in total. The summed E-state index contributed by atoms with van der Waals surface area (Å²) in [6, 6.07) is 3.82. The van der Waals surface area contributed by atoms with Gasteiger partial charge in [0.1, 0.15) is 0 Å². The molecular weight excluding hydrogens is 404 g/mol. The predicted molar refractivity (Wildman–Crippen MR) is 88.6 cm³/mol. The SMILES string of the molecule is COCCN(CCO)C(=O)c1c[nH]c2cc(Br)c(Br)cc12. The standard InChI is InChI=1S/C14H16Br2N2O3/c1-21-5-3-18(2-4-19)14(20)10-8-17-13-7-12(16)11(15)6-9(10)13/h6-8,17,19H,2-5H2,1H3. The molecule has 0 atom stereocenters. The number of carbonyl (C=O) groups is 1. The number of ether oxygens (including phenoxy) is 1. The number of methoxy groups -OCH3 is 1. The summed E-state index contributed by atoms with van der Waals surface area (Å²) < 4.78 is 6.81. The Kier molecular flexibility index (Phi) is 5.80. The van der Waals surface area contributed by atoms with E-state index in [0.717, 1.165) is 19.8 Å². The van der Waals surface area contributed by atoms with Gasteiger partial charge in [0.15, 0.2) is 0 Å². The van der Waals surface area contributed by atoms with Gasteiger partial charge in [0.05, 0.1) is 18.8 Å². The number of aliphatic hydroxyl groups excluding tert-OH is 1. The van der Waals surface area contributed by atoms with Gasteiger partial charge in [-0.3, -0.25) is 4.79 Å². The van der Waals surface area contributed by atoms with Crippen LogP contribution < -0.4 is 0 Å². The van der Waals surface area contributed by atoms with Gasteiger partial charge in [-0.05, 0) is 44.0 Å². The van der Waals surface area contributed by atoms with E-state index in [1.807, 2.05) is 12.1 Å². The summed E-state index contributed by atoms with van der Waals surface area (Å²) in [6.45, 7) is 1.09. The van der Waals surface area contributed by atoms with Gasteiger partial charge in [-0.15, -0.1) is 0 Å². The van der Waals surface area contributed by atoms with Crippen molar-refractivity contribution in [1.29, 1.82) is 0 Å². The molecule has 1 amide bonds. The van der Waals surface area contributed by atoms with Crippen LogP contribution in [0.25, 0.3) is 10.9 Å². The zero-order valence-electron chi connectivity index (χ0n) is 11.5. The molecule has 0 spiro atoms. The Morgan fingerprint density at radius 3 is 2.71 bits per heavy atom. The number of halogens is 2. The molecule has 0 aliphatic heterocycles. The van der Waals surface area contributed by atoms with E-state index >= 15 is 0 Å². The van der Waals surface area contributed by atoms with Gasteiger partial charge >= 0.3 is 0 Å². The quantitative estimate of drug-likeness (QED) is 0.756. The molecule has 0 unspecified atom stereocenters. The molecule has 114 valence electrons. The normalized spacial score (nSPS) is 11.0. The molecule has 7 heteroatoms. The van der Waals surface area contributed by atoms with Crippen molar-refractivity contribution in [2.75, 3.05) is 33.4 Å². The molecule has 1 aromatic carbocycles. The van der Waals surface area contributed by atoms with E-state index in [0.29, 0.717) is 18.7 Å². The van der Waals surface area contributed by atoms with E-state index in [2.05, 4.69) is 36.8 Å². The average Bonchev–Trinajstić information content (AvgIpc) is 2.86. The monoisotopic (exact) mass is 418 g/mol. The molecule has 0 fully saturated rings. The van der Waals surface area contributed by atoms with Crippen molar-refractivity contribution in [2.45, 2.75) is 0 Å². The van der Waals surface area contributed by atoms with E-state index in [9.17, 15) is 4.79 Å². The third-order valence-corrected chi connectivity index (χ3v) is 5.02. The number of rotatable bonds is 6. The molecule has 0 aliphatic carbocycles.